The maximum Gasteiger partial charge on any atom is 0.211 e. The molecule has 4 nitrogen and oxygen atoms in total. The molecule has 0 aliphatic carbocycles. The molecule has 0 aliphatic heterocycles. The molecule has 0 radical (unpaired) electrons. The van der Waals surface area contributed by atoms with Crippen LogP contribution in [0.3, 0.4) is 0 Å². The highest BCUT2D eigenvalue weighted by molar-refractivity contribution is 4.35. The summed E-state index contributed by atoms with van der Waals surface area (Å²) in [5.41, 5.74) is 11.0. The van der Waals surface area contributed by atoms with Gasteiger partial charge in [-0.25, -0.2) is 0 Å². The smallest absolute Gasteiger partial charge is 0.211 e. The van der Waals surface area contributed by atoms with E-state index < -0.39 is 0 Å². The van der Waals surface area contributed by atoms with E-state index in [-0.39, 0.29) is 0 Å². The lowest BCUT2D eigenvalue weighted by atomic mass is 10.2. The zero-order valence-electron chi connectivity index (χ0n) is 6.43. The van der Waals surface area contributed by atoms with Crippen LogP contribution < -0.4 is 4.91 Å². The Kier molecular flexibility index (Phi) is 18.9. The Labute approximate surface area is 61.3 Å². The fraction of sp³-hybridized carbons (Fsp3) is 1.00. The molecule has 0 unspecified atom stereocenters. The molecular weight excluding hydrogens is 130 g/mol. The van der Waals surface area contributed by atoms with Crippen molar-refractivity contribution < 1.29 is 5.11 Å². The average molecular weight is 146 g/mol. The minimum Gasteiger partial charge on any atom is -0.396 e. The van der Waals surface area contributed by atoms with Crippen molar-refractivity contribution in [2.75, 3.05) is 6.61 Å². The highest BCUT2D eigenvalue weighted by atomic mass is 16.2. The fourth-order valence-electron chi connectivity index (χ4n) is 0.539. The standard InChI is InChI=1S/C6H14O.H2N3/c1-2-3-4-5-6-7;1-3-2/h7H,2-6H2,1H3;1-2H/q;+1. The summed E-state index contributed by atoms with van der Waals surface area (Å²) < 4.78 is 0. The van der Waals surface area contributed by atoms with E-state index in [0.717, 1.165) is 6.42 Å². The zero-order valence-corrected chi connectivity index (χ0v) is 6.43. The van der Waals surface area contributed by atoms with Gasteiger partial charge in [-0.3, -0.25) is 0 Å². The van der Waals surface area contributed by atoms with Gasteiger partial charge in [0.2, 0.25) is 4.91 Å². The van der Waals surface area contributed by atoms with Crippen molar-refractivity contribution in [3.63, 3.8) is 0 Å². The molecule has 0 atom stereocenters. The molecule has 60 valence electrons. The van der Waals surface area contributed by atoms with E-state index in [9.17, 15) is 0 Å². The number of unbranched alkanes of at least 4 members (excludes halogenated alkanes) is 3. The van der Waals surface area contributed by atoms with E-state index in [2.05, 4.69) is 6.92 Å². The molecule has 4 heteroatoms. The minimum atomic E-state index is 0.361. The van der Waals surface area contributed by atoms with Crippen LogP contribution in [0, 0.1) is 11.1 Å². The molecule has 0 spiro atoms. The van der Waals surface area contributed by atoms with Crippen molar-refractivity contribution >= 4 is 0 Å². The van der Waals surface area contributed by atoms with Gasteiger partial charge in [-0.15, -0.1) is 0 Å². The molecule has 0 heterocycles. The van der Waals surface area contributed by atoms with E-state index >= 15 is 0 Å². The molecular formula is C6H16N3O+. The van der Waals surface area contributed by atoms with Crippen molar-refractivity contribution in [3.05, 3.63) is 0 Å². The molecule has 0 saturated heterocycles. The Bertz CT molecular complexity index is 75.1. The van der Waals surface area contributed by atoms with Gasteiger partial charge in [0, 0.05) is 6.61 Å². The molecule has 0 fully saturated rings. The molecule has 0 rings (SSSR count). The molecule has 0 aromatic rings. The molecule has 3 N–H and O–H groups in total. The van der Waals surface area contributed by atoms with Crippen LogP contribution in [-0.4, -0.2) is 11.7 Å². The van der Waals surface area contributed by atoms with E-state index in [1.54, 1.807) is 0 Å². The molecule has 0 amide bonds. The van der Waals surface area contributed by atoms with Crippen LogP contribution >= 0.6 is 0 Å². The summed E-state index contributed by atoms with van der Waals surface area (Å²) in [5, 5.41) is 8.29. The number of nitrogens with one attached hydrogen (secondary N) is 2. The lowest BCUT2D eigenvalue weighted by molar-refractivity contribution is 0.283. The van der Waals surface area contributed by atoms with Crippen LogP contribution in [0.1, 0.15) is 32.6 Å². The third-order valence-electron chi connectivity index (χ3n) is 1.01. The normalized spacial score (nSPS) is 7.40. The van der Waals surface area contributed by atoms with Gasteiger partial charge in [-0.1, -0.05) is 26.2 Å². The van der Waals surface area contributed by atoms with Gasteiger partial charge in [0.25, 0.3) is 0 Å². The van der Waals surface area contributed by atoms with Crippen LogP contribution in [-0.2, 0) is 0 Å². The first kappa shape index (κ1) is 12.0. The summed E-state index contributed by atoms with van der Waals surface area (Å²) in [7, 11) is 0. The molecule has 0 aliphatic rings. The topological polar surface area (TPSA) is 82.0 Å². The number of hydrogen-bond acceptors (Lipinski definition) is 3. The number of aliphatic hydroxyl groups excluding tert-OH is 1. The number of aliphatic hydroxyl groups is 1. The van der Waals surface area contributed by atoms with Crippen molar-refractivity contribution in [1.29, 1.82) is 11.1 Å². The third-order valence-corrected chi connectivity index (χ3v) is 1.01. The quantitative estimate of drug-likeness (QED) is 0.314. The molecule has 0 aromatic carbocycles. The summed E-state index contributed by atoms with van der Waals surface area (Å²) in [6, 6.07) is 0. The summed E-state index contributed by atoms with van der Waals surface area (Å²) in [6.45, 7) is 2.53. The molecule has 0 aromatic heterocycles. The van der Waals surface area contributed by atoms with E-state index in [1.165, 1.54) is 19.3 Å². The van der Waals surface area contributed by atoms with Gasteiger partial charge < -0.3 is 5.11 Å². The van der Waals surface area contributed by atoms with Crippen LogP contribution in [0.25, 0.3) is 0 Å². The van der Waals surface area contributed by atoms with Crippen LogP contribution in [0.15, 0.2) is 0 Å². The van der Waals surface area contributed by atoms with Gasteiger partial charge >= 0.3 is 0 Å². The van der Waals surface area contributed by atoms with Crippen LogP contribution in [0.2, 0.25) is 0 Å². The maximum absolute atomic E-state index is 8.29. The molecule has 10 heavy (non-hydrogen) atoms. The third kappa shape index (κ3) is 26.7. The SMILES string of the molecule is CCCCCCO.N=[N+]=N. The van der Waals surface area contributed by atoms with Crippen LogP contribution in [0.4, 0.5) is 0 Å². The van der Waals surface area contributed by atoms with E-state index in [4.69, 9.17) is 16.2 Å². The first-order valence-electron chi connectivity index (χ1n) is 3.47. The average Bonchev–Trinajstić information content (AvgIpc) is 1.91. The first-order chi connectivity index (χ1) is 4.83. The van der Waals surface area contributed by atoms with Crippen molar-refractivity contribution in [3.8, 4) is 0 Å². The van der Waals surface area contributed by atoms with Gasteiger partial charge in [0.1, 0.15) is 11.1 Å². The predicted octanol–water partition coefficient (Wildman–Crippen LogP) is 1.67. The Balaban J connectivity index is 0. The van der Waals surface area contributed by atoms with E-state index in [0.29, 0.717) is 6.61 Å². The summed E-state index contributed by atoms with van der Waals surface area (Å²) in [5.74, 6) is 0. The minimum absolute atomic E-state index is 0.361. The van der Waals surface area contributed by atoms with Crippen molar-refractivity contribution in [2.45, 2.75) is 32.6 Å². The first-order valence-corrected chi connectivity index (χ1v) is 3.47. The summed E-state index contributed by atoms with van der Waals surface area (Å²) in [4.78, 5) is 2.00. The van der Waals surface area contributed by atoms with Gasteiger partial charge in [-0.05, 0) is 6.42 Å². The number of nitrogens with zero attached hydrogens (tertiary/aromatic N) is 1. The lowest BCUT2D eigenvalue weighted by Crippen LogP contribution is -1.80. The van der Waals surface area contributed by atoms with Gasteiger partial charge in [-0.2, -0.15) is 0 Å². The Morgan fingerprint density at radius 1 is 1.20 bits per heavy atom. The summed E-state index contributed by atoms with van der Waals surface area (Å²) in [6.07, 6.45) is 4.68. The van der Waals surface area contributed by atoms with E-state index in [1.807, 2.05) is 4.91 Å². The second-order valence-electron chi connectivity index (χ2n) is 1.90. The largest absolute Gasteiger partial charge is 0.396 e. The Morgan fingerprint density at radius 3 is 2.00 bits per heavy atom. The number of hydrogen-bond donors (Lipinski definition) is 3. The highest BCUT2D eigenvalue weighted by Crippen LogP contribution is 1.95. The number of rotatable bonds is 4. The Morgan fingerprint density at radius 2 is 1.70 bits per heavy atom. The van der Waals surface area contributed by atoms with Crippen molar-refractivity contribution in [1.82, 2.24) is 4.91 Å². The predicted molar refractivity (Wildman–Crippen MR) is 38.8 cm³/mol. The Hall–Kier alpha value is -0.730. The fourth-order valence-corrected chi connectivity index (χ4v) is 0.539. The van der Waals surface area contributed by atoms with Gasteiger partial charge in [0.15, 0.2) is 0 Å². The molecule has 0 bridgehead atoms. The second-order valence-corrected chi connectivity index (χ2v) is 1.90. The van der Waals surface area contributed by atoms with Crippen molar-refractivity contribution in [2.24, 2.45) is 0 Å². The van der Waals surface area contributed by atoms with Crippen LogP contribution in [0.5, 0.6) is 0 Å². The second kappa shape index (κ2) is 15.7. The highest BCUT2D eigenvalue weighted by Gasteiger charge is 1.80. The lowest BCUT2D eigenvalue weighted by Gasteiger charge is -1.90. The van der Waals surface area contributed by atoms with Gasteiger partial charge in [0.05, 0.1) is 0 Å². The zero-order chi connectivity index (χ0) is 8.24. The maximum atomic E-state index is 8.29. The molecule has 0 saturated carbocycles. The monoisotopic (exact) mass is 146 g/mol. The summed E-state index contributed by atoms with van der Waals surface area (Å²) >= 11 is 0.